The number of carbonyl (C=O) groups is 1. The van der Waals surface area contributed by atoms with Crippen LogP contribution in [-0.2, 0) is 9.53 Å². The van der Waals surface area contributed by atoms with Crippen LogP contribution in [0.3, 0.4) is 0 Å². The Morgan fingerprint density at radius 3 is 2.00 bits per heavy atom. The molecule has 6 nitrogen and oxygen atoms in total. The number of nitrogens with one attached hydrogen (secondary N) is 1. The molecule has 0 radical (unpaired) electrons. The lowest BCUT2D eigenvalue weighted by atomic mass is 9.87. The lowest BCUT2D eigenvalue weighted by Crippen LogP contribution is -2.45. The topological polar surface area (TPSA) is 99.0 Å². The predicted molar refractivity (Wildman–Crippen MR) is 99.3 cm³/mol. The fraction of sp³-hybridized carbons (Fsp3) is 0.947. The molecule has 0 heterocycles. The summed E-state index contributed by atoms with van der Waals surface area (Å²) in [6, 6.07) is 0. The van der Waals surface area contributed by atoms with Crippen molar-refractivity contribution in [3.05, 3.63) is 0 Å². The molecule has 4 N–H and O–H groups in total. The molecule has 150 valence electrons. The van der Waals surface area contributed by atoms with Crippen LogP contribution < -0.4 is 5.32 Å². The number of hydrogen-bond acceptors (Lipinski definition) is 5. The Bertz CT molecular complexity index is 323. The van der Waals surface area contributed by atoms with Gasteiger partial charge in [0.2, 0.25) is 5.91 Å². The maximum atomic E-state index is 11.7. The van der Waals surface area contributed by atoms with Crippen molar-refractivity contribution < 1.29 is 24.9 Å². The minimum absolute atomic E-state index is 0.243. The van der Waals surface area contributed by atoms with E-state index < -0.39 is 17.4 Å². The van der Waals surface area contributed by atoms with Crippen LogP contribution in [0, 0.1) is 5.41 Å². The molecule has 1 atom stereocenters. The first kappa shape index (κ1) is 24.3. The van der Waals surface area contributed by atoms with Crippen LogP contribution in [0.2, 0.25) is 0 Å². The summed E-state index contributed by atoms with van der Waals surface area (Å²) in [5.41, 5.74) is -0.834. The number of rotatable bonds is 17. The zero-order valence-corrected chi connectivity index (χ0v) is 16.1. The average molecular weight is 362 g/mol. The van der Waals surface area contributed by atoms with E-state index in [2.05, 4.69) is 5.32 Å². The molecule has 0 fully saturated rings. The zero-order chi connectivity index (χ0) is 19.0. The Balaban J connectivity index is 3.35. The van der Waals surface area contributed by atoms with Crippen molar-refractivity contribution in [3.8, 4) is 0 Å². The minimum Gasteiger partial charge on any atom is -0.396 e. The Hall–Kier alpha value is -0.690. The molecule has 25 heavy (non-hydrogen) atoms. The van der Waals surface area contributed by atoms with Crippen molar-refractivity contribution in [3.63, 3.8) is 0 Å². The Kier molecular flexibility index (Phi) is 15.1. The third-order valence-electron chi connectivity index (χ3n) is 4.36. The maximum absolute atomic E-state index is 11.7. The van der Waals surface area contributed by atoms with Gasteiger partial charge in [0.25, 0.3) is 0 Å². The lowest BCUT2D eigenvalue weighted by molar-refractivity contribution is -0.137. The molecule has 0 aliphatic rings. The summed E-state index contributed by atoms with van der Waals surface area (Å²) in [7, 11) is 0. The Morgan fingerprint density at radius 1 is 0.920 bits per heavy atom. The third kappa shape index (κ3) is 13.2. The number of unbranched alkanes of at least 4 members (excludes halogenated alkanes) is 7. The van der Waals surface area contributed by atoms with E-state index >= 15 is 0 Å². The van der Waals surface area contributed by atoms with Crippen molar-refractivity contribution >= 4 is 5.91 Å². The van der Waals surface area contributed by atoms with E-state index in [0.29, 0.717) is 26.2 Å². The molecule has 0 saturated carbocycles. The maximum Gasteiger partial charge on any atom is 0.249 e. The monoisotopic (exact) mass is 361 g/mol. The molecule has 1 unspecified atom stereocenters. The van der Waals surface area contributed by atoms with Gasteiger partial charge in [-0.05, 0) is 19.3 Å². The highest BCUT2D eigenvalue weighted by Gasteiger charge is 2.32. The second-order valence-electron chi connectivity index (χ2n) is 7.36. The van der Waals surface area contributed by atoms with Crippen molar-refractivity contribution in [1.29, 1.82) is 0 Å². The number of aliphatic hydroxyl groups is 3. The number of ether oxygens (including phenoxy) is 1. The normalized spacial score (nSPS) is 13.0. The first-order chi connectivity index (χ1) is 12.0. The minimum atomic E-state index is -1.21. The van der Waals surface area contributed by atoms with Crippen LogP contribution in [-0.4, -0.2) is 60.3 Å². The van der Waals surface area contributed by atoms with E-state index in [0.717, 1.165) is 25.9 Å². The van der Waals surface area contributed by atoms with Crippen LogP contribution >= 0.6 is 0 Å². The van der Waals surface area contributed by atoms with Gasteiger partial charge in [-0.3, -0.25) is 4.79 Å². The van der Waals surface area contributed by atoms with Crippen molar-refractivity contribution in [2.24, 2.45) is 5.41 Å². The summed E-state index contributed by atoms with van der Waals surface area (Å²) in [6.07, 6.45) is 8.75. The van der Waals surface area contributed by atoms with Crippen molar-refractivity contribution in [2.45, 2.75) is 77.7 Å². The molecule has 0 aliphatic heterocycles. The Morgan fingerprint density at radius 2 is 1.44 bits per heavy atom. The van der Waals surface area contributed by atoms with Gasteiger partial charge in [0, 0.05) is 31.8 Å². The van der Waals surface area contributed by atoms with E-state index in [9.17, 15) is 9.90 Å². The highest BCUT2D eigenvalue weighted by atomic mass is 16.5. The summed E-state index contributed by atoms with van der Waals surface area (Å²) in [5.74, 6) is -0.446. The molecular weight excluding hydrogens is 322 g/mol. The van der Waals surface area contributed by atoms with Gasteiger partial charge in [-0.2, -0.15) is 0 Å². The number of hydrogen-bond donors (Lipinski definition) is 4. The summed E-state index contributed by atoms with van der Waals surface area (Å²) < 4.78 is 5.54. The van der Waals surface area contributed by atoms with Gasteiger partial charge in [-0.15, -0.1) is 0 Å². The fourth-order valence-corrected chi connectivity index (χ4v) is 2.40. The number of carbonyl (C=O) groups excluding carboxylic acids is 1. The van der Waals surface area contributed by atoms with Gasteiger partial charge in [0.05, 0.1) is 6.61 Å². The third-order valence-corrected chi connectivity index (χ3v) is 4.36. The van der Waals surface area contributed by atoms with Gasteiger partial charge in [-0.1, -0.05) is 52.4 Å². The standard InChI is InChI=1S/C19H39NO5/c1-19(2,16-22)17(23)18(24)20-12-11-15-25-14-10-8-6-4-3-5-7-9-13-21/h17,21-23H,3-16H2,1-2H3,(H,20,24). The largest absolute Gasteiger partial charge is 0.396 e. The molecule has 0 aromatic heterocycles. The molecule has 0 aromatic carbocycles. The molecule has 0 saturated heterocycles. The highest BCUT2D eigenvalue weighted by molar-refractivity contribution is 5.81. The molecule has 0 spiro atoms. The van der Waals surface area contributed by atoms with Gasteiger partial charge in [0.15, 0.2) is 0 Å². The molecule has 1 amide bonds. The number of aliphatic hydroxyl groups excluding tert-OH is 3. The van der Waals surface area contributed by atoms with Crippen LogP contribution in [0.15, 0.2) is 0 Å². The van der Waals surface area contributed by atoms with Crippen molar-refractivity contribution in [1.82, 2.24) is 5.32 Å². The van der Waals surface area contributed by atoms with Gasteiger partial charge in [0.1, 0.15) is 6.10 Å². The zero-order valence-electron chi connectivity index (χ0n) is 16.1. The van der Waals surface area contributed by atoms with E-state index in [1.165, 1.54) is 32.1 Å². The SMILES string of the molecule is CC(C)(CO)C(O)C(=O)NCCCOCCCCCCCCCCO. The number of amides is 1. The molecule has 6 heteroatoms. The second kappa shape index (κ2) is 15.6. The van der Waals surface area contributed by atoms with E-state index in [1.54, 1.807) is 13.8 Å². The van der Waals surface area contributed by atoms with Crippen LogP contribution in [0.25, 0.3) is 0 Å². The van der Waals surface area contributed by atoms with Crippen LogP contribution in [0.5, 0.6) is 0 Å². The average Bonchev–Trinajstić information content (AvgIpc) is 2.61. The Labute approximate surface area is 153 Å². The summed E-state index contributed by atoms with van der Waals surface area (Å²) >= 11 is 0. The molecule has 0 aromatic rings. The van der Waals surface area contributed by atoms with Gasteiger partial charge >= 0.3 is 0 Å². The van der Waals surface area contributed by atoms with Gasteiger partial charge in [-0.25, -0.2) is 0 Å². The molecule has 0 aliphatic carbocycles. The van der Waals surface area contributed by atoms with E-state index in [-0.39, 0.29) is 6.61 Å². The first-order valence-corrected chi connectivity index (χ1v) is 9.71. The first-order valence-electron chi connectivity index (χ1n) is 9.71. The van der Waals surface area contributed by atoms with Crippen molar-refractivity contribution in [2.75, 3.05) is 33.0 Å². The van der Waals surface area contributed by atoms with E-state index in [4.69, 9.17) is 14.9 Å². The summed E-state index contributed by atoms with van der Waals surface area (Å²) in [4.78, 5) is 11.7. The molecular formula is C19H39NO5. The predicted octanol–water partition coefficient (Wildman–Crippen LogP) is 2.00. The van der Waals surface area contributed by atoms with Crippen LogP contribution in [0.4, 0.5) is 0 Å². The lowest BCUT2D eigenvalue weighted by Gasteiger charge is -2.27. The van der Waals surface area contributed by atoms with Crippen LogP contribution in [0.1, 0.15) is 71.6 Å². The van der Waals surface area contributed by atoms with E-state index in [1.807, 2.05) is 0 Å². The smallest absolute Gasteiger partial charge is 0.249 e. The highest BCUT2D eigenvalue weighted by Crippen LogP contribution is 2.19. The molecule has 0 bridgehead atoms. The molecule has 0 rings (SSSR count). The quantitative estimate of drug-likeness (QED) is 0.297. The fourth-order valence-electron chi connectivity index (χ4n) is 2.40. The van der Waals surface area contributed by atoms with Gasteiger partial charge < -0.3 is 25.4 Å². The summed E-state index contributed by atoms with van der Waals surface area (Å²) in [6.45, 7) is 5.17. The second-order valence-corrected chi connectivity index (χ2v) is 7.36. The summed E-state index contributed by atoms with van der Waals surface area (Å²) in [5, 5.41) is 30.3.